The molecule has 2 aromatic heterocycles. The molecule has 1 atom stereocenters. The highest BCUT2D eigenvalue weighted by atomic mass is 32.2. The van der Waals surface area contributed by atoms with Crippen molar-refractivity contribution in [2.75, 3.05) is 17.7 Å². The zero-order valence-corrected chi connectivity index (χ0v) is 30.2. The smallest absolute Gasteiger partial charge is 0.364 e. The molecular formula is C44H36F3N4O2S. The van der Waals surface area contributed by atoms with Crippen LogP contribution in [0.2, 0.25) is 0 Å². The van der Waals surface area contributed by atoms with Crippen molar-refractivity contribution in [3.05, 3.63) is 186 Å². The lowest BCUT2D eigenvalue weighted by atomic mass is 9.77. The molecule has 1 aliphatic heterocycles. The van der Waals surface area contributed by atoms with E-state index in [1.807, 2.05) is 109 Å². The average Bonchev–Trinajstić information content (AvgIpc) is 3.66. The number of anilines is 1. The van der Waals surface area contributed by atoms with Crippen molar-refractivity contribution in [3.8, 4) is 11.1 Å². The molecule has 1 saturated heterocycles. The molecule has 7 aromatic rings. The standard InChI is InChI=1S/C44H36F3N4O2S/c1-54(52,53)36-23-20-31(21-24-36)40-19-11-12-28-50(40)41-26-27-48-39-25-22-32(29-37(39)41)38-30-51(49-42(38)44(45,46)47)43(33-13-5-2-6-14-33,34-15-7-3-8-16-34)35-17-9-4-10-18-35/h2-11,13-18,20-27,29-30,40H,12,19,28H2,1H3. The van der Waals surface area contributed by atoms with E-state index in [1.54, 1.807) is 36.5 Å². The van der Waals surface area contributed by atoms with Gasteiger partial charge in [0.05, 0.1) is 16.5 Å². The molecule has 54 heavy (non-hydrogen) atoms. The second-order valence-corrected chi connectivity index (χ2v) is 15.6. The van der Waals surface area contributed by atoms with Gasteiger partial charge in [0.15, 0.2) is 15.5 Å². The Labute approximate surface area is 312 Å². The number of hydrogen-bond acceptors (Lipinski definition) is 5. The van der Waals surface area contributed by atoms with Crippen LogP contribution in [0.25, 0.3) is 22.0 Å². The van der Waals surface area contributed by atoms with Gasteiger partial charge in [0.1, 0.15) is 5.54 Å². The van der Waals surface area contributed by atoms with E-state index in [4.69, 9.17) is 0 Å². The molecule has 1 radical (unpaired) electrons. The third-order valence-electron chi connectivity index (χ3n) is 10.3. The van der Waals surface area contributed by atoms with Gasteiger partial charge in [-0.3, -0.25) is 9.67 Å². The number of alkyl halides is 3. The molecule has 10 heteroatoms. The Balaban J connectivity index is 1.31. The number of rotatable bonds is 8. The van der Waals surface area contributed by atoms with Crippen LogP contribution in [0.5, 0.6) is 0 Å². The summed E-state index contributed by atoms with van der Waals surface area (Å²) in [7, 11) is -3.36. The number of benzene rings is 5. The van der Waals surface area contributed by atoms with Gasteiger partial charge in [0.2, 0.25) is 0 Å². The van der Waals surface area contributed by atoms with E-state index in [0.717, 1.165) is 34.4 Å². The molecule has 1 fully saturated rings. The van der Waals surface area contributed by atoms with E-state index in [-0.39, 0.29) is 16.5 Å². The maximum Gasteiger partial charge on any atom is 0.435 e. The first-order valence-corrected chi connectivity index (χ1v) is 19.6. The van der Waals surface area contributed by atoms with E-state index >= 15 is 13.2 Å². The lowest BCUT2D eigenvalue weighted by Crippen LogP contribution is -2.38. The van der Waals surface area contributed by atoms with Crippen molar-refractivity contribution in [2.45, 2.75) is 35.5 Å². The first-order chi connectivity index (χ1) is 26.0. The van der Waals surface area contributed by atoms with E-state index in [1.165, 1.54) is 17.1 Å². The first kappa shape index (κ1) is 35.3. The normalized spacial score (nSPS) is 15.4. The second-order valence-electron chi connectivity index (χ2n) is 13.6. The Morgan fingerprint density at radius 3 is 1.89 bits per heavy atom. The van der Waals surface area contributed by atoms with Crippen LogP contribution < -0.4 is 4.90 Å². The summed E-state index contributed by atoms with van der Waals surface area (Å²) in [6, 6.07) is 42.4. The molecule has 0 saturated carbocycles. The topological polar surface area (TPSA) is 68.1 Å². The fraction of sp³-hybridized carbons (Fsp3) is 0.159. The summed E-state index contributed by atoms with van der Waals surface area (Å²) in [6.07, 6.45) is 3.39. The highest BCUT2D eigenvalue weighted by molar-refractivity contribution is 7.90. The number of nitrogens with zero attached hydrogens (tertiary/aromatic N) is 4. The Bertz CT molecular complexity index is 2430. The monoisotopic (exact) mass is 741 g/mol. The summed E-state index contributed by atoms with van der Waals surface area (Å²) >= 11 is 0. The zero-order chi connectivity index (χ0) is 37.5. The zero-order valence-electron chi connectivity index (χ0n) is 29.4. The van der Waals surface area contributed by atoms with Crippen LogP contribution in [0.1, 0.15) is 46.8 Å². The predicted molar refractivity (Wildman–Crippen MR) is 206 cm³/mol. The first-order valence-electron chi connectivity index (χ1n) is 17.7. The molecule has 0 spiro atoms. The minimum absolute atomic E-state index is 0.0498. The highest BCUT2D eigenvalue weighted by Crippen LogP contribution is 2.45. The van der Waals surface area contributed by atoms with E-state index in [9.17, 15) is 8.42 Å². The number of aromatic nitrogens is 3. The van der Waals surface area contributed by atoms with Crippen molar-refractivity contribution >= 4 is 26.4 Å². The van der Waals surface area contributed by atoms with Gasteiger partial charge in [-0.1, -0.05) is 109 Å². The second kappa shape index (κ2) is 13.9. The molecular weight excluding hydrogens is 706 g/mol. The van der Waals surface area contributed by atoms with Crippen molar-refractivity contribution in [2.24, 2.45) is 0 Å². The molecule has 1 unspecified atom stereocenters. The predicted octanol–water partition coefficient (Wildman–Crippen LogP) is 9.91. The Morgan fingerprint density at radius 2 is 1.33 bits per heavy atom. The fourth-order valence-corrected chi connectivity index (χ4v) is 8.41. The summed E-state index contributed by atoms with van der Waals surface area (Å²) < 4.78 is 71.5. The summed E-state index contributed by atoms with van der Waals surface area (Å²) in [4.78, 5) is 7.08. The van der Waals surface area contributed by atoms with Crippen LogP contribution in [-0.2, 0) is 21.6 Å². The largest absolute Gasteiger partial charge is 0.435 e. The van der Waals surface area contributed by atoms with Crippen LogP contribution in [0.4, 0.5) is 18.9 Å². The highest BCUT2D eigenvalue weighted by Gasteiger charge is 2.44. The van der Waals surface area contributed by atoms with Crippen LogP contribution in [0, 0.1) is 6.42 Å². The van der Waals surface area contributed by atoms with Crippen LogP contribution in [0.15, 0.2) is 157 Å². The van der Waals surface area contributed by atoms with Crippen molar-refractivity contribution in [1.29, 1.82) is 0 Å². The molecule has 0 amide bonds. The lowest BCUT2D eigenvalue weighted by Gasteiger charge is -2.38. The number of pyridine rings is 1. The molecule has 6 nitrogen and oxygen atoms in total. The van der Waals surface area contributed by atoms with Gasteiger partial charge in [0.25, 0.3) is 0 Å². The van der Waals surface area contributed by atoms with Crippen LogP contribution >= 0.6 is 0 Å². The number of fused-ring (bicyclic) bond motifs is 1. The minimum atomic E-state index is -4.77. The van der Waals surface area contributed by atoms with Gasteiger partial charge in [-0.25, -0.2) is 8.42 Å². The van der Waals surface area contributed by atoms with Gasteiger partial charge >= 0.3 is 6.18 Å². The minimum Gasteiger partial charge on any atom is -0.364 e. The Kier molecular flexibility index (Phi) is 9.09. The molecule has 0 bridgehead atoms. The van der Waals surface area contributed by atoms with Crippen LogP contribution in [0.3, 0.4) is 0 Å². The van der Waals surface area contributed by atoms with Crippen molar-refractivity contribution in [1.82, 2.24) is 14.8 Å². The van der Waals surface area contributed by atoms with Gasteiger partial charge < -0.3 is 4.90 Å². The van der Waals surface area contributed by atoms with Gasteiger partial charge in [-0.2, -0.15) is 18.3 Å². The summed E-state index contributed by atoms with van der Waals surface area (Å²) in [6.45, 7) is 0.668. The van der Waals surface area contributed by atoms with E-state index in [0.29, 0.717) is 29.4 Å². The molecule has 3 heterocycles. The molecule has 5 aromatic carbocycles. The fourth-order valence-electron chi connectivity index (χ4n) is 7.78. The maximum absolute atomic E-state index is 15.2. The Morgan fingerprint density at radius 1 is 0.741 bits per heavy atom. The van der Waals surface area contributed by atoms with Crippen molar-refractivity contribution < 1.29 is 21.6 Å². The van der Waals surface area contributed by atoms with Gasteiger partial charge in [0, 0.05) is 41.8 Å². The van der Waals surface area contributed by atoms with Crippen molar-refractivity contribution in [3.63, 3.8) is 0 Å². The maximum atomic E-state index is 15.2. The molecule has 1 aliphatic rings. The van der Waals surface area contributed by atoms with E-state index < -0.39 is 27.2 Å². The molecule has 271 valence electrons. The summed E-state index contributed by atoms with van der Waals surface area (Å²) in [5.41, 5.74) is 2.77. The molecule has 8 rings (SSSR count). The molecule has 0 aliphatic carbocycles. The number of hydrogen-bond donors (Lipinski definition) is 0. The third kappa shape index (κ3) is 6.34. The SMILES string of the molecule is CS(=O)(=O)c1ccc(C2C[CH]CCN2c2ccnc3ccc(-c4cn(C(c5ccccc5)(c5ccccc5)c5ccccc5)nc4C(F)(F)F)cc23)cc1. The van der Waals surface area contributed by atoms with Crippen LogP contribution in [-0.4, -0.2) is 36.0 Å². The third-order valence-corrected chi connectivity index (χ3v) is 11.4. The Hall–Kier alpha value is -5.74. The number of piperidine rings is 1. The lowest BCUT2D eigenvalue weighted by molar-refractivity contribution is -0.141. The average molecular weight is 742 g/mol. The van der Waals surface area contributed by atoms with Gasteiger partial charge in [-0.15, -0.1) is 0 Å². The molecule has 0 N–H and O–H groups in total. The summed E-state index contributed by atoms with van der Waals surface area (Å²) in [5, 5.41) is 5.15. The quantitative estimate of drug-likeness (QED) is 0.145. The number of sulfone groups is 1. The van der Waals surface area contributed by atoms with Gasteiger partial charge in [-0.05, 0) is 77.4 Å². The number of halogens is 3. The van der Waals surface area contributed by atoms with E-state index in [2.05, 4.69) is 21.4 Å². The summed E-state index contributed by atoms with van der Waals surface area (Å²) in [5.74, 6) is 0.